The molecule has 1 atom stereocenters. The summed E-state index contributed by atoms with van der Waals surface area (Å²) in [6.07, 6.45) is -2.93. The van der Waals surface area contributed by atoms with Crippen molar-refractivity contribution in [3.05, 3.63) is 58.9 Å². The fourth-order valence-corrected chi connectivity index (χ4v) is 4.32. The van der Waals surface area contributed by atoms with Crippen LogP contribution in [-0.2, 0) is 19.8 Å². The lowest BCUT2D eigenvalue weighted by Gasteiger charge is -2.19. The van der Waals surface area contributed by atoms with Crippen molar-refractivity contribution in [1.82, 2.24) is 19.7 Å². The van der Waals surface area contributed by atoms with Crippen LogP contribution < -0.4 is 10.2 Å². The molecule has 4 rings (SSSR count). The van der Waals surface area contributed by atoms with Crippen molar-refractivity contribution in [1.29, 1.82) is 0 Å². The summed E-state index contributed by atoms with van der Waals surface area (Å²) in [5.74, 6) is 0.306. The molecule has 0 fully saturated rings. The lowest BCUT2D eigenvalue weighted by atomic mass is 10.0. The molecule has 2 aromatic heterocycles. The van der Waals surface area contributed by atoms with E-state index in [2.05, 4.69) is 20.5 Å². The summed E-state index contributed by atoms with van der Waals surface area (Å²) < 4.78 is 42.1. The first kappa shape index (κ1) is 21.2. The van der Waals surface area contributed by atoms with Crippen molar-refractivity contribution in [3.63, 3.8) is 0 Å². The fourth-order valence-electron chi connectivity index (χ4n) is 3.43. The third-order valence-corrected chi connectivity index (χ3v) is 6.27. The Balaban J connectivity index is 1.69. The van der Waals surface area contributed by atoms with E-state index in [1.807, 2.05) is 20.0 Å². The van der Waals surface area contributed by atoms with Gasteiger partial charge in [-0.25, -0.2) is 4.98 Å². The lowest BCUT2D eigenvalue weighted by molar-refractivity contribution is -0.138. The summed E-state index contributed by atoms with van der Waals surface area (Å²) in [6.45, 7) is 1.79. The average molecular weight is 448 g/mol. The van der Waals surface area contributed by atoms with Crippen LogP contribution in [0.5, 0.6) is 0 Å². The van der Waals surface area contributed by atoms with Gasteiger partial charge >= 0.3 is 6.18 Å². The molecule has 0 saturated heterocycles. The molecule has 11 heteroatoms. The highest BCUT2D eigenvalue weighted by molar-refractivity contribution is 7.99. The molecule has 1 aliphatic rings. The van der Waals surface area contributed by atoms with E-state index in [4.69, 9.17) is 0 Å². The number of benzene rings is 1. The van der Waals surface area contributed by atoms with Crippen molar-refractivity contribution in [3.8, 4) is 0 Å². The van der Waals surface area contributed by atoms with Crippen LogP contribution in [0.25, 0.3) is 0 Å². The molecule has 7 nitrogen and oxygen atoms in total. The van der Waals surface area contributed by atoms with Crippen LogP contribution in [0.1, 0.15) is 39.2 Å². The van der Waals surface area contributed by atoms with Crippen LogP contribution in [-0.4, -0.2) is 32.7 Å². The van der Waals surface area contributed by atoms with Gasteiger partial charge in [0, 0.05) is 24.9 Å². The Morgan fingerprint density at radius 2 is 2.03 bits per heavy atom. The van der Waals surface area contributed by atoms with E-state index >= 15 is 0 Å². The molecule has 1 aliphatic heterocycles. The number of nitrogens with one attached hydrogen (secondary N) is 1. The first-order valence-electron chi connectivity index (χ1n) is 9.40. The molecule has 0 radical (unpaired) electrons. The summed E-state index contributed by atoms with van der Waals surface area (Å²) in [7, 11) is 3.53. The summed E-state index contributed by atoms with van der Waals surface area (Å²) in [6, 6.07) is 7.24. The van der Waals surface area contributed by atoms with Crippen LogP contribution in [0.2, 0.25) is 0 Å². The molecule has 1 aromatic carbocycles. The van der Waals surface area contributed by atoms with Crippen LogP contribution in [0.15, 0.2) is 41.8 Å². The number of aryl methyl sites for hydroxylation is 1. The SMILES string of the molecule is CNc1cc(C(C)Sc2nncn2C)cc(N2Cc3c(cccc3C(F)(F)F)C2=O)n1. The smallest absolute Gasteiger partial charge is 0.373 e. The number of amides is 1. The average Bonchev–Trinajstić information content (AvgIpc) is 3.29. The molecule has 0 saturated carbocycles. The van der Waals surface area contributed by atoms with Crippen molar-refractivity contribution in [2.75, 3.05) is 17.3 Å². The van der Waals surface area contributed by atoms with Gasteiger partial charge in [-0.1, -0.05) is 17.8 Å². The second-order valence-electron chi connectivity index (χ2n) is 7.10. The molecule has 0 spiro atoms. The molecular formula is C20H19F3N6OS. The van der Waals surface area contributed by atoms with E-state index in [9.17, 15) is 18.0 Å². The third kappa shape index (κ3) is 3.97. The van der Waals surface area contributed by atoms with Gasteiger partial charge in [0.05, 0.1) is 12.1 Å². The Labute approximate surface area is 180 Å². The number of thioether (sulfide) groups is 1. The quantitative estimate of drug-likeness (QED) is 0.587. The maximum Gasteiger partial charge on any atom is 0.416 e. The maximum absolute atomic E-state index is 13.4. The largest absolute Gasteiger partial charge is 0.416 e. The van der Waals surface area contributed by atoms with Gasteiger partial charge in [-0.05, 0) is 42.3 Å². The number of rotatable bonds is 5. The number of aromatic nitrogens is 4. The van der Waals surface area contributed by atoms with E-state index < -0.39 is 17.6 Å². The maximum atomic E-state index is 13.4. The minimum Gasteiger partial charge on any atom is -0.373 e. The fraction of sp³-hybridized carbons (Fsp3) is 0.300. The summed E-state index contributed by atoms with van der Waals surface area (Å²) in [5.41, 5.74) is 0.0773. The lowest BCUT2D eigenvalue weighted by Crippen LogP contribution is -2.24. The predicted octanol–water partition coefficient (Wildman–Crippen LogP) is 4.28. The van der Waals surface area contributed by atoms with Crippen LogP contribution in [0, 0.1) is 0 Å². The number of hydrogen-bond acceptors (Lipinski definition) is 6. The normalized spacial score (nSPS) is 14.6. The minimum atomic E-state index is -4.53. The number of nitrogens with zero attached hydrogens (tertiary/aromatic N) is 5. The zero-order valence-corrected chi connectivity index (χ0v) is 17.8. The van der Waals surface area contributed by atoms with Crippen LogP contribution in [0.4, 0.5) is 24.8 Å². The Hall–Kier alpha value is -3.08. The summed E-state index contributed by atoms with van der Waals surface area (Å²) >= 11 is 1.48. The van der Waals surface area contributed by atoms with E-state index in [0.717, 1.165) is 16.8 Å². The zero-order valence-electron chi connectivity index (χ0n) is 16.9. The minimum absolute atomic E-state index is 0.0280. The van der Waals surface area contributed by atoms with Gasteiger partial charge in [0.25, 0.3) is 5.91 Å². The van der Waals surface area contributed by atoms with Gasteiger partial charge < -0.3 is 9.88 Å². The molecule has 0 aliphatic carbocycles. The van der Waals surface area contributed by atoms with E-state index in [1.54, 1.807) is 24.0 Å². The van der Waals surface area contributed by atoms with Crippen molar-refractivity contribution >= 4 is 29.3 Å². The van der Waals surface area contributed by atoms with E-state index in [0.29, 0.717) is 11.6 Å². The van der Waals surface area contributed by atoms with E-state index in [1.165, 1.54) is 28.8 Å². The van der Waals surface area contributed by atoms with Gasteiger partial charge in [0.15, 0.2) is 5.16 Å². The van der Waals surface area contributed by atoms with Gasteiger partial charge in [0.1, 0.15) is 18.0 Å². The molecule has 1 unspecified atom stereocenters. The number of anilines is 2. The molecule has 162 valence electrons. The molecule has 1 amide bonds. The van der Waals surface area contributed by atoms with Crippen LogP contribution >= 0.6 is 11.8 Å². The second kappa shape index (κ2) is 7.88. The molecule has 0 bridgehead atoms. The first-order valence-corrected chi connectivity index (χ1v) is 10.3. The number of carbonyl (C=O) groups excluding carboxylic acids is 1. The van der Waals surface area contributed by atoms with Crippen molar-refractivity contribution in [2.45, 2.75) is 30.1 Å². The Morgan fingerprint density at radius 1 is 1.26 bits per heavy atom. The Bertz CT molecular complexity index is 1150. The highest BCUT2D eigenvalue weighted by Crippen LogP contribution is 2.40. The van der Waals surface area contributed by atoms with Gasteiger partial charge in [-0.3, -0.25) is 9.69 Å². The highest BCUT2D eigenvalue weighted by atomic mass is 32.2. The molecule has 31 heavy (non-hydrogen) atoms. The molecule has 3 heterocycles. The number of pyridine rings is 1. The number of halogens is 3. The summed E-state index contributed by atoms with van der Waals surface area (Å²) in [5, 5.41) is 11.5. The summed E-state index contributed by atoms with van der Waals surface area (Å²) in [4.78, 5) is 18.6. The number of hydrogen-bond donors (Lipinski definition) is 1. The highest BCUT2D eigenvalue weighted by Gasteiger charge is 2.40. The van der Waals surface area contributed by atoms with Gasteiger partial charge in [-0.15, -0.1) is 10.2 Å². The Kier molecular flexibility index (Phi) is 5.38. The second-order valence-corrected chi connectivity index (χ2v) is 8.41. The predicted molar refractivity (Wildman–Crippen MR) is 111 cm³/mol. The molecule has 1 N–H and O–H groups in total. The molecule has 3 aromatic rings. The first-order chi connectivity index (χ1) is 14.7. The van der Waals surface area contributed by atoms with Gasteiger partial charge in [0.2, 0.25) is 0 Å². The van der Waals surface area contributed by atoms with Crippen molar-refractivity contribution < 1.29 is 18.0 Å². The van der Waals surface area contributed by atoms with Crippen LogP contribution in [0.3, 0.4) is 0 Å². The Morgan fingerprint density at radius 3 is 2.68 bits per heavy atom. The molecular weight excluding hydrogens is 429 g/mol. The number of alkyl halides is 3. The topological polar surface area (TPSA) is 75.9 Å². The standard InChI is InChI=1S/C20H19F3N6OS/c1-11(31-19-27-25-10-28(19)3)12-7-16(24-2)26-17(8-12)29-9-14-13(18(29)30)5-4-6-15(14)20(21,22)23/h4-8,10-11H,9H2,1-3H3,(H,24,26). The van der Waals surface area contributed by atoms with Crippen molar-refractivity contribution in [2.24, 2.45) is 7.05 Å². The zero-order chi connectivity index (χ0) is 22.3. The monoisotopic (exact) mass is 448 g/mol. The van der Waals surface area contributed by atoms with Gasteiger partial charge in [-0.2, -0.15) is 13.2 Å². The third-order valence-electron chi connectivity index (χ3n) is 5.06. The van der Waals surface area contributed by atoms with E-state index in [-0.39, 0.29) is 22.9 Å². The number of fused-ring (bicyclic) bond motifs is 1. The number of carbonyl (C=O) groups is 1.